The number of furan rings is 1. The third kappa shape index (κ3) is 4.52. The van der Waals surface area contributed by atoms with Crippen molar-refractivity contribution >= 4 is 5.91 Å². The number of carbonyl (C=O) groups excluding carboxylic acids is 1. The minimum Gasteiger partial charge on any atom is -0.455 e. The van der Waals surface area contributed by atoms with Gasteiger partial charge in [0.15, 0.2) is 5.76 Å². The van der Waals surface area contributed by atoms with Gasteiger partial charge in [-0.25, -0.2) is 0 Å². The zero-order valence-corrected chi connectivity index (χ0v) is 15.9. The predicted molar refractivity (Wildman–Crippen MR) is 102 cm³/mol. The molecule has 1 aliphatic rings. The molecule has 0 bridgehead atoms. The summed E-state index contributed by atoms with van der Waals surface area (Å²) in [5.41, 5.74) is 1.07. The first-order valence-electron chi connectivity index (χ1n) is 9.67. The zero-order valence-electron chi connectivity index (χ0n) is 15.9. The Balaban J connectivity index is 1.70. The molecule has 0 aromatic carbocycles. The molecule has 1 saturated heterocycles. The number of aromatic nitrogens is 1. The molecule has 26 heavy (non-hydrogen) atoms. The van der Waals surface area contributed by atoms with E-state index < -0.39 is 0 Å². The molecule has 0 radical (unpaired) electrons. The Kier molecular flexibility index (Phi) is 6.45. The number of likely N-dealkylation sites (tertiary alicyclic amines) is 1. The molecule has 0 aliphatic carbocycles. The lowest BCUT2D eigenvalue weighted by molar-refractivity contribution is 0.0684. The van der Waals surface area contributed by atoms with E-state index in [1.165, 1.54) is 12.8 Å². The molecule has 0 N–H and O–H groups in total. The molecule has 1 atom stereocenters. The van der Waals surface area contributed by atoms with Crippen LogP contribution in [-0.4, -0.2) is 40.8 Å². The van der Waals surface area contributed by atoms with Gasteiger partial charge in [0.1, 0.15) is 5.76 Å². The lowest BCUT2D eigenvalue weighted by atomic mass is 10.0. The van der Waals surface area contributed by atoms with E-state index in [0.717, 1.165) is 50.2 Å². The highest BCUT2D eigenvalue weighted by atomic mass is 16.4. The maximum absolute atomic E-state index is 13.0. The first-order chi connectivity index (χ1) is 12.7. The number of hydrogen-bond acceptors (Lipinski definition) is 4. The summed E-state index contributed by atoms with van der Waals surface area (Å²) >= 11 is 0. The van der Waals surface area contributed by atoms with Gasteiger partial charge >= 0.3 is 0 Å². The Labute approximate surface area is 156 Å². The summed E-state index contributed by atoms with van der Waals surface area (Å²) in [6, 6.07) is 7.73. The van der Waals surface area contributed by atoms with Crippen LogP contribution in [0.4, 0.5) is 0 Å². The fraction of sp³-hybridized carbons (Fsp3) is 0.524. The summed E-state index contributed by atoms with van der Waals surface area (Å²) in [5.74, 6) is 1.23. The summed E-state index contributed by atoms with van der Waals surface area (Å²) in [4.78, 5) is 21.4. The molecule has 5 heteroatoms. The van der Waals surface area contributed by atoms with Crippen molar-refractivity contribution in [3.8, 4) is 0 Å². The van der Waals surface area contributed by atoms with Gasteiger partial charge in [0, 0.05) is 19.4 Å². The number of nitrogens with zero attached hydrogens (tertiary/aromatic N) is 3. The van der Waals surface area contributed by atoms with Gasteiger partial charge in [-0.05, 0) is 56.1 Å². The minimum atomic E-state index is -0.0670. The lowest BCUT2D eigenvalue weighted by Crippen LogP contribution is -2.31. The van der Waals surface area contributed by atoms with E-state index >= 15 is 0 Å². The van der Waals surface area contributed by atoms with Crippen LogP contribution in [0.25, 0.3) is 0 Å². The van der Waals surface area contributed by atoms with Crippen molar-refractivity contribution in [2.45, 2.75) is 51.6 Å². The third-order valence-corrected chi connectivity index (χ3v) is 5.14. The van der Waals surface area contributed by atoms with Crippen molar-refractivity contribution in [3.63, 3.8) is 0 Å². The molecule has 1 aliphatic heterocycles. The number of unbranched alkanes of at least 4 members (excludes halogenated alkanes) is 1. The second kappa shape index (κ2) is 8.99. The van der Waals surface area contributed by atoms with Crippen LogP contribution in [0.1, 0.15) is 66.9 Å². The SMILES string of the molecule is CCCC[C@H](c1cccnc1)N(C)C(=O)c1ccc(CN2CCCC2)o1. The van der Waals surface area contributed by atoms with Crippen molar-refractivity contribution in [1.82, 2.24) is 14.8 Å². The number of hydrogen-bond donors (Lipinski definition) is 0. The minimum absolute atomic E-state index is 0.0169. The quantitative estimate of drug-likeness (QED) is 0.709. The number of carbonyl (C=O) groups is 1. The normalized spacial score (nSPS) is 15.9. The van der Waals surface area contributed by atoms with Crippen molar-refractivity contribution < 1.29 is 9.21 Å². The molecule has 1 amide bonds. The Morgan fingerprint density at radius 3 is 2.81 bits per heavy atom. The first-order valence-corrected chi connectivity index (χ1v) is 9.67. The van der Waals surface area contributed by atoms with Gasteiger partial charge in [-0.3, -0.25) is 14.7 Å². The lowest BCUT2D eigenvalue weighted by Gasteiger charge is -2.27. The molecule has 140 valence electrons. The molecule has 0 unspecified atom stereocenters. The monoisotopic (exact) mass is 355 g/mol. The van der Waals surface area contributed by atoms with E-state index in [4.69, 9.17) is 4.42 Å². The highest BCUT2D eigenvalue weighted by Gasteiger charge is 2.25. The van der Waals surface area contributed by atoms with Gasteiger partial charge < -0.3 is 9.32 Å². The van der Waals surface area contributed by atoms with Crippen LogP contribution < -0.4 is 0 Å². The largest absolute Gasteiger partial charge is 0.455 e. The molecule has 1 fully saturated rings. The van der Waals surface area contributed by atoms with Crippen molar-refractivity contribution in [2.75, 3.05) is 20.1 Å². The Morgan fingerprint density at radius 2 is 2.12 bits per heavy atom. The molecule has 3 heterocycles. The fourth-order valence-electron chi connectivity index (χ4n) is 3.61. The van der Waals surface area contributed by atoms with Crippen LogP contribution >= 0.6 is 0 Å². The third-order valence-electron chi connectivity index (χ3n) is 5.14. The van der Waals surface area contributed by atoms with E-state index in [1.807, 2.05) is 37.5 Å². The zero-order chi connectivity index (χ0) is 18.4. The van der Waals surface area contributed by atoms with E-state index in [1.54, 1.807) is 11.1 Å². The molecular weight excluding hydrogens is 326 g/mol. The second-order valence-electron chi connectivity index (χ2n) is 7.11. The van der Waals surface area contributed by atoms with Crippen LogP contribution in [0.3, 0.4) is 0 Å². The first kappa shape index (κ1) is 18.6. The summed E-state index contributed by atoms with van der Waals surface area (Å²) in [6.45, 7) is 5.19. The van der Waals surface area contributed by atoms with Gasteiger partial charge in [0.05, 0.1) is 12.6 Å². The number of rotatable bonds is 8. The summed E-state index contributed by atoms with van der Waals surface area (Å²) < 4.78 is 5.87. The molecule has 3 rings (SSSR count). The molecule has 2 aromatic rings. The summed E-state index contributed by atoms with van der Waals surface area (Å²) in [5, 5.41) is 0. The van der Waals surface area contributed by atoms with Crippen molar-refractivity contribution in [3.05, 3.63) is 53.7 Å². The summed E-state index contributed by atoms with van der Waals surface area (Å²) in [6.07, 6.45) is 9.20. The van der Waals surface area contributed by atoms with E-state index in [-0.39, 0.29) is 11.9 Å². The molecular formula is C21H29N3O2. The smallest absolute Gasteiger partial charge is 0.289 e. The molecule has 5 nitrogen and oxygen atoms in total. The topological polar surface area (TPSA) is 49.6 Å². The number of amides is 1. The molecule has 0 saturated carbocycles. The van der Waals surface area contributed by atoms with Crippen LogP contribution in [0.5, 0.6) is 0 Å². The maximum Gasteiger partial charge on any atom is 0.289 e. The highest BCUT2D eigenvalue weighted by Crippen LogP contribution is 2.27. The highest BCUT2D eigenvalue weighted by molar-refractivity contribution is 5.91. The van der Waals surface area contributed by atoms with Gasteiger partial charge in [-0.1, -0.05) is 25.8 Å². The van der Waals surface area contributed by atoms with E-state index in [9.17, 15) is 4.79 Å². The van der Waals surface area contributed by atoms with Crippen LogP contribution in [0.15, 0.2) is 41.1 Å². The Bertz CT molecular complexity index is 692. The fourth-order valence-corrected chi connectivity index (χ4v) is 3.61. The predicted octanol–water partition coefficient (Wildman–Crippen LogP) is 4.27. The van der Waals surface area contributed by atoms with Crippen molar-refractivity contribution in [2.24, 2.45) is 0 Å². The molecule has 0 spiro atoms. The Hall–Kier alpha value is -2.14. The van der Waals surface area contributed by atoms with Gasteiger partial charge in [-0.15, -0.1) is 0 Å². The number of pyridine rings is 1. The Morgan fingerprint density at radius 1 is 1.31 bits per heavy atom. The maximum atomic E-state index is 13.0. The second-order valence-corrected chi connectivity index (χ2v) is 7.11. The van der Waals surface area contributed by atoms with Crippen LogP contribution in [-0.2, 0) is 6.54 Å². The van der Waals surface area contributed by atoms with Crippen molar-refractivity contribution in [1.29, 1.82) is 0 Å². The molecule has 2 aromatic heterocycles. The van der Waals surface area contributed by atoms with Crippen LogP contribution in [0, 0.1) is 0 Å². The summed E-state index contributed by atoms with van der Waals surface area (Å²) in [7, 11) is 1.86. The van der Waals surface area contributed by atoms with Gasteiger partial charge in [-0.2, -0.15) is 0 Å². The van der Waals surface area contributed by atoms with Gasteiger partial charge in [0.25, 0.3) is 5.91 Å². The average Bonchev–Trinajstić information content (AvgIpc) is 3.35. The van der Waals surface area contributed by atoms with Crippen LogP contribution in [0.2, 0.25) is 0 Å². The van der Waals surface area contributed by atoms with E-state index in [0.29, 0.717) is 5.76 Å². The van der Waals surface area contributed by atoms with Gasteiger partial charge in [0.2, 0.25) is 0 Å². The van der Waals surface area contributed by atoms with E-state index in [2.05, 4.69) is 16.8 Å². The standard InChI is InChI=1S/C21H29N3O2/c1-3-4-9-19(17-8-7-12-22-15-17)23(2)21(25)20-11-10-18(26-20)16-24-13-5-6-14-24/h7-8,10-12,15,19H,3-6,9,13-14,16H2,1-2H3/t19-/m1/s1. The average molecular weight is 355 g/mol.